The Morgan fingerprint density at radius 1 is 1.47 bits per heavy atom. The van der Waals surface area contributed by atoms with Gasteiger partial charge in [-0.05, 0) is 6.92 Å². The van der Waals surface area contributed by atoms with E-state index < -0.39 is 38.6 Å². The minimum Gasteiger partial charge on any atom is -0.480 e. The number of aliphatic carboxylic acids is 1. The van der Waals surface area contributed by atoms with Gasteiger partial charge < -0.3 is 30.5 Å². The maximum atomic E-state index is 10.5. The minimum absolute atomic E-state index is 0.385. The van der Waals surface area contributed by atoms with E-state index in [0.717, 1.165) is 0 Å². The molecule has 0 rings (SSSR count). The van der Waals surface area contributed by atoms with Gasteiger partial charge in [-0.2, -0.15) is 0 Å². The van der Waals surface area contributed by atoms with Crippen molar-refractivity contribution in [1.29, 1.82) is 0 Å². The fourth-order valence-electron chi connectivity index (χ4n) is 0.874. The van der Waals surface area contributed by atoms with Gasteiger partial charge in [-0.15, -0.1) is 0 Å². The first-order valence-electron chi connectivity index (χ1n) is 4.62. The van der Waals surface area contributed by atoms with Gasteiger partial charge in [0.25, 0.3) is 0 Å². The minimum atomic E-state index is -4.73. The van der Waals surface area contributed by atoms with E-state index >= 15 is 0 Å². The van der Waals surface area contributed by atoms with Gasteiger partial charge in [-0.3, -0.25) is 9.32 Å². The number of ether oxygens (including phenoxy) is 1. The van der Waals surface area contributed by atoms with Crippen molar-refractivity contribution in [2.45, 2.75) is 25.2 Å². The number of aliphatic hydroxyl groups is 1. The number of rotatable bonds is 8. The van der Waals surface area contributed by atoms with Gasteiger partial charge in [-0.25, -0.2) is 4.57 Å². The predicted octanol–water partition coefficient (Wildman–Crippen LogP) is -1.73. The molecule has 1 unspecified atom stereocenters. The molecule has 3 atom stereocenters. The highest BCUT2D eigenvalue weighted by molar-refractivity contribution is 7.46. The van der Waals surface area contributed by atoms with Crippen molar-refractivity contribution >= 4 is 13.8 Å². The van der Waals surface area contributed by atoms with Gasteiger partial charge in [-0.1, -0.05) is 0 Å². The Labute approximate surface area is 97.4 Å². The number of carboxylic acid groups (broad SMARTS) is 1. The molecule has 0 bridgehead atoms. The van der Waals surface area contributed by atoms with Crippen molar-refractivity contribution in [2.75, 3.05) is 13.2 Å². The molecule has 0 spiro atoms. The average Bonchev–Trinajstić information content (AvgIpc) is 2.20. The van der Waals surface area contributed by atoms with Crippen LogP contribution in [-0.2, 0) is 18.6 Å². The third-order valence-electron chi connectivity index (χ3n) is 1.83. The highest BCUT2D eigenvalue weighted by Crippen LogP contribution is 2.37. The molecule has 0 aromatic carbocycles. The van der Waals surface area contributed by atoms with Crippen LogP contribution in [0.3, 0.4) is 0 Å². The van der Waals surface area contributed by atoms with Gasteiger partial charge in [0.1, 0.15) is 12.1 Å². The van der Waals surface area contributed by atoms with Crippen LogP contribution < -0.4 is 5.73 Å². The van der Waals surface area contributed by atoms with Crippen LogP contribution in [0.4, 0.5) is 0 Å². The zero-order valence-electron chi connectivity index (χ0n) is 9.09. The van der Waals surface area contributed by atoms with E-state index in [1.54, 1.807) is 0 Å². The van der Waals surface area contributed by atoms with E-state index in [9.17, 15) is 9.36 Å². The Bertz CT molecular complexity index is 292. The van der Waals surface area contributed by atoms with E-state index in [4.69, 9.17) is 30.5 Å². The monoisotopic (exact) mass is 273 g/mol. The molecule has 0 fully saturated rings. The molecule has 17 heavy (non-hydrogen) atoms. The average molecular weight is 273 g/mol. The van der Waals surface area contributed by atoms with E-state index in [2.05, 4.69) is 4.52 Å². The zero-order chi connectivity index (χ0) is 13.6. The molecular formula is C7H16NO8P. The molecule has 0 radical (unpaired) electrons. The molecule has 0 heterocycles. The number of hydrogen-bond donors (Lipinski definition) is 5. The third-order valence-corrected chi connectivity index (χ3v) is 2.40. The van der Waals surface area contributed by atoms with Crippen LogP contribution >= 0.6 is 7.82 Å². The highest BCUT2D eigenvalue weighted by atomic mass is 31.2. The second-order valence-electron chi connectivity index (χ2n) is 3.30. The number of aliphatic hydroxyl groups excluding tert-OH is 1. The Morgan fingerprint density at radius 2 is 2.00 bits per heavy atom. The molecule has 6 N–H and O–H groups in total. The lowest BCUT2D eigenvalue weighted by molar-refractivity contribution is -0.142. The van der Waals surface area contributed by atoms with Crippen LogP contribution in [0.15, 0.2) is 0 Å². The topological polar surface area (TPSA) is 160 Å². The molecule has 10 heteroatoms. The fraction of sp³-hybridized carbons (Fsp3) is 0.857. The Balaban J connectivity index is 4.15. The van der Waals surface area contributed by atoms with Crippen molar-refractivity contribution in [3.8, 4) is 0 Å². The summed E-state index contributed by atoms with van der Waals surface area (Å²) in [6.45, 7) is 0.314. The molecule has 0 saturated carbocycles. The van der Waals surface area contributed by atoms with E-state index in [-0.39, 0.29) is 6.61 Å². The molecule has 0 saturated heterocycles. The second kappa shape index (κ2) is 7.02. The molecule has 102 valence electrons. The summed E-state index contributed by atoms with van der Waals surface area (Å²) < 4.78 is 19.6. The normalized spacial score (nSPS) is 17.5. The first-order chi connectivity index (χ1) is 7.67. The number of carbonyl (C=O) groups is 1. The third kappa shape index (κ3) is 7.40. The lowest BCUT2D eigenvalue weighted by Gasteiger charge is -2.21. The van der Waals surface area contributed by atoms with Gasteiger partial charge in [0.05, 0.1) is 19.3 Å². The molecular weight excluding hydrogens is 257 g/mol. The summed E-state index contributed by atoms with van der Waals surface area (Å²) in [7, 11) is -4.73. The standard InChI is InChI=1S/C7H16NO8P/c1-4(6(8)7(10)11)15-3-5(2-9)16-17(12,13)14/h4-6,9H,2-3,8H2,1H3,(H,10,11)(H2,12,13,14)/t4-,5?,6+/m1/s1. The molecule has 0 amide bonds. The Hall–Kier alpha value is -0.540. The number of carboxylic acids is 1. The predicted molar refractivity (Wildman–Crippen MR) is 55.0 cm³/mol. The van der Waals surface area contributed by atoms with Gasteiger partial charge in [0.2, 0.25) is 0 Å². The lowest BCUT2D eigenvalue weighted by Crippen LogP contribution is -2.43. The largest absolute Gasteiger partial charge is 0.480 e. The summed E-state index contributed by atoms with van der Waals surface area (Å²) in [6.07, 6.45) is -2.14. The smallest absolute Gasteiger partial charge is 0.470 e. The molecule has 0 aliphatic rings. The summed E-state index contributed by atoms with van der Waals surface area (Å²) in [6, 6.07) is -1.27. The first-order valence-corrected chi connectivity index (χ1v) is 6.15. The van der Waals surface area contributed by atoms with Crippen molar-refractivity contribution in [2.24, 2.45) is 5.73 Å². The zero-order valence-corrected chi connectivity index (χ0v) is 9.99. The van der Waals surface area contributed by atoms with Crippen LogP contribution in [0.1, 0.15) is 6.92 Å². The Kier molecular flexibility index (Phi) is 6.80. The SMILES string of the molecule is C[C@@H](OCC(CO)OP(=O)(O)O)[C@H](N)C(=O)O. The highest BCUT2D eigenvalue weighted by Gasteiger charge is 2.25. The maximum absolute atomic E-state index is 10.5. The van der Waals surface area contributed by atoms with Gasteiger partial charge in [0.15, 0.2) is 0 Å². The molecule has 0 aliphatic carbocycles. The summed E-state index contributed by atoms with van der Waals surface area (Å²) in [5, 5.41) is 17.3. The maximum Gasteiger partial charge on any atom is 0.470 e. The van der Waals surface area contributed by atoms with E-state index in [1.165, 1.54) is 6.92 Å². The number of phosphoric ester groups is 1. The fourth-order valence-corrected chi connectivity index (χ4v) is 1.39. The van der Waals surface area contributed by atoms with Crippen molar-refractivity contribution < 1.29 is 38.6 Å². The van der Waals surface area contributed by atoms with Crippen LogP contribution in [0.5, 0.6) is 0 Å². The van der Waals surface area contributed by atoms with Gasteiger partial charge >= 0.3 is 13.8 Å². The van der Waals surface area contributed by atoms with Crippen molar-refractivity contribution in [3.63, 3.8) is 0 Å². The molecule has 0 aromatic rings. The first kappa shape index (κ1) is 16.5. The summed E-state index contributed by atoms with van der Waals surface area (Å²) in [5.41, 5.74) is 5.23. The van der Waals surface area contributed by atoms with E-state index in [1.807, 2.05) is 0 Å². The molecule has 0 aliphatic heterocycles. The van der Waals surface area contributed by atoms with Crippen LogP contribution in [0.2, 0.25) is 0 Å². The summed E-state index contributed by atoms with van der Waals surface area (Å²) >= 11 is 0. The molecule has 0 aromatic heterocycles. The molecule has 9 nitrogen and oxygen atoms in total. The second-order valence-corrected chi connectivity index (χ2v) is 4.50. The van der Waals surface area contributed by atoms with Crippen molar-refractivity contribution in [1.82, 2.24) is 0 Å². The quantitative estimate of drug-likeness (QED) is 0.324. The van der Waals surface area contributed by atoms with Crippen LogP contribution in [0.25, 0.3) is 0 Å². The summed E-state index contributed by atoms with van der Waals surface area (Å²) in [4.78, 5) is 27.4. The van der Waals surface area contributed by atoms with Crippen molar-refractivity contribution in [3.05, 3.63) is 0 Å². The summed E-state index contributed by atoms with van der Waals surface area (Å²) in [5.74, 6) is -1.27. The Morgan fingerprint density at radius 3 is 2.35 bits per heavy atom. The van der Waals surface area contributed by atoms with Gasteiger partial charge in [0, 0.05) is 0 Å². The number of nitrogens with two attached hydrogens (primary N) is 1. The van der Waals surface area contributed by atoms with E-state index in [0.29, 0.717) is 0 Å². The van der Waals surface area contributed by atoms with Crippen LogP contribution in [-0.4, -0.2) is 57.4 Å². The number of hydrogen-bond acceptors (Lipinski definition) is 6. The number of phosphoric acid groups is 1. The lowest BCUT2D eigenvalue weighted by atomic mass is 10.2. The van der Waals surface area contributed by atoms with Crippen LogP contribution in [0, 0.1) is 0 Å².